The number of pyridine rings is 1. The lowest BCUT2D eigenvalue weighted by Gasteiger charge is -2.13. The summed E-state index contributed by atoms with van der Waals surface area (Å²) in [6.45, 7) is 1.68. The fourth-order valence-electron chi connectivity index (χ4n) is 1.62. The van der Waals surface area contributed by atoms with Gasteiger partial charge >= 0.3 is 6.36 Å². The highest BCUT2D eigenvalue weighted by Crippen LogP contribution is 2.36. The molecule has 0 radical (unpaired) electrons. The Morgan fingerprint density at radius 1 is 1.11 bits per heavy atom. The third-order valence-corrected chi connectivity index (χ3v) is 2.38. The Morgan fingerprint density at radius 2 is 1.79 bits per heavy atom. The zero-order valence-electron chi connectivity index (χ0n) is 9.90. The molecule has 0 atom stereocenters. The smallest absolute Gasteiger partial charge is 0.506 e. The van der Waals surface area contributed by atoms with Gasteiger partial charge in [-0.15, -0.1) is 13.2 Å². The second kappa shape index (κ2) is 4.79. The van der Waals surface area contributed by atoms with Gasteiger partial charge in [-0.05, 0) is 31.2 Å². The van der Waals surface area contributed by atoms with Crippen molar-refractivity contribution in [1.82, 2.24) is 4.98 Å². The van der Waals surface area contributed by atoms with Gasteiger partial charge in [0.05, 0.1) is 0 Å². The zero-order chi connectivity index (χ0) is 14.0. The van der Waals surface area contributed by atoms with Crippen LogP contribution in [0.5, 0.6) is 11.5 Å². The van der Waals surface area contributed by atoms with Crippen LogP contribution in [0.2, 0.25) is 0 Å². The Morgan fingerprint density at radius 3 is 2.47 bits per heavy atom. The second-order valence-electron chi connectivity index (χ2n) is 3.86. The van der Waals surface area contributed by atoms with E-state index >= 15 is 0 Å². The number of alkyl halides is 3. The first-order valence-corrected chi connectivity index (χ1v) is 5.38. The van der Waals surface area contributed by atoms with E-state index < -0.39 is 12.1 Å². The number of benzene rings is 1. The summed E-state index contributed by atoms with van der Waals surface area (Å²) in [5, 5.41) is 9.71. The van der Waals surface area contributed by atoms with Gasteiger partial charge in [0.15, 0.2) is 0 Å². The van der Waals surface area contributed by atoms with Crippen LogP contribution in [0.1, 0.15) is 5.69 Å². The molecule has 0 aliphatic heterocycles. The van der Waals surface area contributed by atoms with Crippen molar-refractivity contribution in [2.24, 2.45) is 0 Å². The standard InChI is InChI=1S/C13H10F3NO2/c1-8-6-7-10(18)12(17-8)9-4-2-3-5-11(9)19-13(14,15)16/h2-7,18H,1H3. The van der Waals surface area contributed by atoms with Gasteiger partial charge in [0, 0.05) is 11.3 Å². The first kappa shape index (κ1) is 13.2. The van der Waals surface area contributed by atoms with Gasteiger partial charge in [0.1, 0.15) is 17.2 Å². The topological polar surface area (TPSA) is 42.4 Å². The summed E-state index contributed by atoms with van der Waals surface area (Å²) in [5.41, 5.74) is 0.718. The number of ether oxygens (including phenoxy) is 1. The average molecular weight is 269 g/mol. The number of nitrogens with zero attached hydrogens (tertiary/aromatic N) is 1. The Bertz CT molecular complexity index is 597. The van der Waals surface area contributed by atoms with Crippen LogP contribution in [-0.4, -0.2) is 16.5 Å². The number of aromatic nitrogens is 1. The molecule has 2 rings (SSSR count). The maximum atomic E-state index is 12.3. The lowest BCUT2D eigenvalue weighted by Crippen LogP contribution is -2.17. The molecule has 0 saturated carbocycles. The molecule has 0 saturated heterocycles. The van der Waals surface area contributed by atoms with E-state index in [0.29, 0.717) is 5.69 Å². The molecule has 0 spiro atoms. The molecule has 0 bridgehead atoms. The van der Waals surface area contributed by atoms with Gasteiger partial charge in [0.2, 0.25) is 0 Å². The van der Waals surface area contributed by atoms with Gasteiger partial charge in [-0.1, -0.05) is 12.1 Å². The van der Waals surface area contributed by atoms with Crippen LogP contribution in [0, 0.1) is 6.92 Å². The van der Waals surface area contributed by atoms with Crippen molar-refractivity contribution in [3.8, 4) is 22.8 Å². The van der Waals surface area contributed by atoms with Crippen LogP contribution in [0.4, 0.5) is 13.2 Å². The van der Waals surface area contributed by atoms with Gasteiger partial charge in [-0.3, -0.25) is 0 Å². The molecule has 0 fully saturated rings. The maximum absolute atomic E-state index is 12.3. The van der Waals surface area contributed by atoms with Crippen molar-refractivity contribution < 1.29 is 23.0 Å². The predicted octanol–water partition coefficient (Wildman–Crippen LogP) is 3.66. The largest absolute Gasteiger partial charge is 0.573 e. The van der Waals surface area contributed by atoms with Crippen molar-refractivity contribution in [3.63, 3.8) is 0 Å². The SMILES string of the molecule is Cc1ccc(O)c(-c2ccccc2OC(F)(F)F)n1. The molecule has 1 N–H and O–H groups in total. The Labute approximate surface area is 107 Å². The monoisotopic (exact) mass is 269 g/mol. The summed E-state index contributed by atoms with van der Waals surface area (Å²) in [6, 6.07) is 8.47. The van der Waals surface area contributed by atoms with E-state index in [0.717, 1.165) is 0 Å². The molecular formula is C13H10F3NO2. The maximum Gasteiger partial charge on any atom is 0.573 e. The summed E-state index contributed by atoms with van der Waals surface area (Å²) in [6.07, 6.45) is -4.80. The van der Waals surface area contributed by atoms with Crippen molar-refractivity contribution >= 4 is 0 Å². The van der Waals surface area contributed by atoms with Crippen LogP contribution in [0.15, 0.2) is 36.4 Å². The molecule has 1 aromatic heterocycles. The molecule has 100 valence electrons. The third-order valence-electron chi connectivity index (χ3n) is 2.38. The Balaban J connectivity index is 2.53. The summed E-state index contributed by atoms with van der Waals surface area (Å²) in [4.78, 5) is 4.04. The van der Waals surface area contributed by atoms with Gasteiger partial charge in [0.25, 0.3) is 0 Å². The number of aromatic hydroxyl groups is 1. The number of hydrogen-bond acceptors (Lipinski definition) is 3. The molecule has 3 nitrogen and oxygen atoms in total. The number of para-hydroxylation sites is 1. The van der Waals surface area contributed by atoms with E-state index in [1.165, 1.54) is 24.3 Å². The summed E-state index contributed by atoms with van der Waals surface area (Å²) < 4.78 is 40.9. The number of hydrogen-bond donors (Lipinski definition) is 1. The van der Waals surface area contributed by atoms with Gasteiger partial charge < -0.3 is 9.84 Å². The third kappa shape index (κ3) is 3.15. The first-order valence-electron chi connectivity index (χ1n) is 5.38. The minimum Gasteiger partial charge on any atom is -0.506 e. The zero-order valence-corrected chi connectivity index (χ0v) is 9.90. The molecule has 2 aromatic rings. The molecule has 19 heavy (non-hydrogen) atoms. The first-order chi connectivity index (χ1) is 8.87. The quantitative estimate of drug-likeness (QED) is 0.904. The lowest BCUT2D eigenvalue weighted by atomic mass is 10.1. The molecule has 0 unspecified atom stereocenters. The fraction of sp³-hybridized carbons (Fsp3) is 0.154. The molecular weight excluding hydrogens is 259 g/mol. The summed E-state index contributed by atoms with van der Waals surface area (Å²) >= 11 is 0. The van der Waals surface area contributed by atoms with E-state index in [2.05, 4.69) is 9.72 Å². The number of rotatable bonds is 2. The van der Waals surface area contributed by atoms with Crippen LogP contribution >= 0.6 is 0 Å². The molecule has 0 aliphatic rings. The number of halogens is 3. The predicted molar refractivity (Wildman–Crippen MR) is 62.8 cm³/mol. The van der Waals surface area contributed by atoms with Crippen molar-refractivity contribution in [1.29, 1.82) is 0 Å². The lowest BCUT2D eigenvalue weighted by molar-refractivity contribution is -0.274. The van der Waals surface area contributed by atoms with E-state index in [-0.39, 0.29) is 17.0 Å². The van der Waals surface area contributed by atoms with E-state index in [4.69, 9.17) is 0 Å². The van der Waals surface area contributed by atoms with Crippen LogP contribution in [0.3, 0.4) is 0 Å². The van der Waals surface area contributed by atoms with Crippen LogP contribution in [0.25, 0.3) is 11.3 Å². The van der Waals surface area contributed by atoms with Crippen LogP contribution < -0.4 is 4.74 Å². The van der Waals surface area contributed by atoms with Crippen molar-refractivity contribution in [2.45, 2.75) is 13.3 Å². The Kier molecular flexibility index (Phi) is 3.33. The summed E-state index contributed by atoms with van der Waals surface area (Å²) in [5.74, 6) is -0.604. The average Bonchev–Trinajstić information content (AvgIpc) is 2.31. The van der Waals surface area contributed by atoms with E-state index in [1.807, 2.05) is 0 Å². The Hall–Kier alpha value is -2.24. The minimum atomic E-state index is -4.80. The molecule has 6 heteroatoms. The van der Waals surface area contributed by atoms with Crippen molar-refractivity contribution in [3.05, 3.63) is 42.1 Å². The fourth-order valence-corrected chi connectivity index (χ4v) is 1.62. The normalized spacial score (nSPS) is 11.4. The van der Waals surface area contributed by atoms with Crippen molar-refractivity contribution in [2.75, 3.05) is 0 Å². The second-order valence-corrected chi connectivity index (χ2v) is 3.86. The molecule has 0 aliphatic carbocycles. The highest BCUT2D eigenvalue weighted by atomic mass is 19.4. The number of aryl methyl sites for hydroxylation is 1. The summed E-state index contributed by atoms with van der Waals surface area (Å²) in [7, 11) is 0. The highest BCUT2D eigenvalue weighted by Gasteiger charge is 2.32. The van der Waals surface area contributed by atoms with E-state index in [9.17, 15) is 18.3 Å². The van der Waals surface area contributed by atoms with Gasteiger partial charge in [-0.25, -0.2) is 4.98 Å². The van der Waals surface area contributed by atoms with Gasteiger partial charge in [-0.2, -0.15) is 0 Å². The molecule has 1 aromatic carbocycles. The molecule has 1 heterocycles. The van der Waals surface area contributed by atoms with E-state index in [1.54, 1.807) is 19.1 Å². The minimum absolute atomic E-state index is 0.0554. The van der Waals surface area contributed by atoms with Crippen LogP contribution in [-0.2, 0) is 0 Å². The highest BCUT2D eigenvalue weighted by molar-refractivity contribution is 5.72. The molecule has 0 amide bonds.